The number of ketones is 1. The molecule has 0 bridgehead atoms. The summed E-state index contributed by atoms with van der Waals surface area (Å²) in [5.41, 5.74) is 13.4. The fourth-order valence-electron chi connectivity index (χ4n) is 1.03. The van der Waals surface area contributed by atoms with Crippen molar-refractivity contribution in [2.24, 2.45) is 32.1 Å². The van der Waals surface area contributed by atoms with Gasteiger partial charge in [-0.15, -0.1) is 10.2 Å². The summed E-state index contributed by atoms with van der Waals surface area (Å²) in [6.07, 6.45) is -0.770. The molecule has 0 aromatic heterocycles. The highest BCUT2D eigenvalue weighted by Gasteiger charge is 2.15. The third kappa shape index (κ3) is 7.81. The molecular formula is C8H16N8O2S2. The number of hydrazone groups is 2. The summed E-state index contributed by atoms with van der Waals surface area (Å²) in [7, 11) is 0. The largest absolute Gasteiger partial charge is 0.385 e. The standard InChI is InChI=1S/C8H16N8O2S2/c9-13-7(14-10)19-3-1-5(17)6(18)2-4-20-8(15-11)16-12/h5,9,11,17H,1-4,10,12H2. The maximum atomic E-state index is 11.6. The molecule has 1 atom stereocenters. The number of carbonyl (C=O) groups is 1. The van der Waals surface area contributed by atoms with Crippen molar-refractivity contribution >= 4 is 39.6 Å². The van der Waals surface area contributed by atoms with Crippen molar-refractivity contribution in [1.82, 2.24) is 0 Å². The van der Waals surface area contributed by atoms with Crippen molar-refractivity contribution in [3.05, 3.63) is 0 Å². The third-order valence-corrected chi connectivity index (χ3v) is 3.74. The van der Waals surface area contributed by atoms with Gasteiger partial charge in [0, 0.05) is 17.9 Å². The van der Waals surface area contributed by atoms with Gasteiger partial charge in [-0.3, -0.25) is 4.79 Å². The quantitative estimate of drug-likeness (QED) is 0.151. The molecule has 112 valence electrons. The van der Waals surface area contributed by atoms with E-state index in [0.29, 0.717) is 11.5 Å². The molecule has 0 aliphatic carbocycles. The summed E-state index contributed by atoms with van der Waals surface area (Å²) in [6.45, 7) is 0. The average molecular weight is 320 g/mol. The van der Waals surface area contributed by atoms with Gasteiger partial charge in [0.1, 0.15) is 6.10 Å². The maximum absolute atomic E-state index is 11.6. The van der Waals surface area contributed by atoms with E-state index in [1.54, 1.807) is 0 Å². The van der Waals surface area contributed by atoms with Crippen LogP contribution in [0.25, 0.3) is 0 Å². The zero-order chi connectivity index (χ0) is 15.4. The molecule has 0 aliphatic rings. The zero-order valence-electron chi connectivity index (χ0n) is 10.5. The maximum Gasteiger partial charge on any atom is 0.226 e. The average Bonchev–Trinajstić information content (AvgIpc) is 2.47. The van der Waals surface area contributed by atoms with Crippen molar-refractivity contribution in [2.45, 2.75) is 18.9 Å². The number of rotatable bonds is 7. The number of hydrogen-bond acceptors (Lipinski definition) is 10. The molecule has 10 nitrogen and oxygen atoms in total. The van der Waals surface area contributed by atoms with Crippen LogP contribution in [0.15, 0.2) is 20.4 Å². The Labute approximate surface area is 123 Å². The van der Waals surface area contributed by atoms with Gasteiger partial charge in [0.25, 0.3) is 0 Å². The van der Waals surface area contributed by atoms with E-state index < -0.39 is 6.10 Å². The monoisotopic (exact) mass is 320 g/mol. The summed E-state index contributed by atoms with van der Waals surface area (Å²) in [5, 5.41) is 22.3. The minimum Gasteiger partial charge on any atom is -0.385 e. The van der Waals surface area contributed by atoms with Gasteiger partial charge in [0.05, 0.1) is 0 Å². The van der Waals surface area contributed by atoms with Crippen molar-refractivity contribution in [3.8, 4) is 0 Å². The fourth-order valence-corrected chi connectivity index (χ4v) is 2.32. The topological polar surface area (TPSA) is 186 Å². The van der Waals surface area contributed by atoms with Gasteiger partial charge < -0.3 is 16.8 Å². The number of aliphatic hydroxyl groups is 1. The zero-order valence-corrected chi connectivity index (χ0v) is 12.2. The summed E-state index contributed by atoms with van der Waals surface area (Å²) in [6, 6.07) is 0. The van der Waals surface area contributed by atoms with E-state index in [9.17, 15) is 9.90 Å². The van der Waals surface area contributed by atoms with Crippen LogP contribution in [0.5, 0.6) is 0 Å². The van der Waals surface area contributed by atoms with Crippen LogP contribution in [0, 0.1) is 11.1 Å². The lowest BCUT2D eigenvalue weighted by Crippen LogP contribution is -2.21. The lowest BCUT2D eigenvalue weighted by Gasteiger charge is -2.08. The van der Waals surface area contributed by atoms with E-state index in [2.05, 4.69) is 20.4 Å². The van der Waals surface area contributed by atoms with Crippen LogP contribution < -0.4 is 11.7 Å². The Morgan fingerprint density at radius 3 is 2.05 bits per heavy atom. The second kappa shape index (κ2) is 11.3. The molecule has 7 N–H and O–H groups in total. The molecule has 0 fully saturated rings. The van der Waals surface area contributed by atoms with Crippen molar-refractivity contribution in [2.75, 3.05) is 11.5 Å². The predicted octanol–water partition coefficient (Wildman–Crippen LogP) is 0.684. The molecule has 0 radical (unpaired) electrons. The highest BCUT2D eigenvalue weighted by Crippen LogP contribution is 2.12. The molecule has 20 heavy (non-hydrogen) atoms. The Bertz CT molecular complexity index is 400. The number of Topliss-reactive ketones (excluding diaryl/α,β-unsaturated/α-hetero) is 1. The van der Waals surface area contributed by atoms with Crippen LogP contribution in [0.2, 0.25) is 0 Å². The van der Waals surface area contributed by atoms with Gasteiger partial charge in [-0.25, -0.2) is 11.1 Å². The van der Waals surface area contributed by atoms with Crippen LogP contribution in [-0.4, -0.2) is 38.8 Å². The molecule has 1 unspecified atom stereocenters. The highest BCUT2D eigenvalue weighted by atomic mass is 32.2. The van der Waals surface area contributed by atoms with Crippen molar-refractivity contribution < 1.29 is 9.90 Å². The smallest absolute Gasteiger partial charge is 0.226 e. The van der Waals surface area contributed by atoms with Gasteiger partial charge in [0.15, 0.2) is 5.78 Å². The Balaban J connectivity index is 3.92. The predicted molar refractivity (Wildman–Crippen MR) is 78.7 cm³/mol. The van der Waals surface area contributed by atoms with Crippen molar-refractivity contribution in [1.29, 1.82) is 11.1 Å². The molecule has 0 spiro atoms. The van der Waals surface area contributed by atoms with Gasteiger partial charge in [-0.2, -0.15) is 10.2 Å². The molecule has 0 aromatic rings. The van der Waals surface area contributed by atoms with E-state index in [1.165, 1.54) is 0 Å². The number of nitrogens with one attached hydrogen (secondary N) is 2. The minimum atomic E-state index is -1.10. The minimum absolute atomic E-state index is 0.0729. The number of nitrogens with zero attached hydrogens (tertiary/aromatic N) is 4. The molecule has 0 aromatic carbocycles. The number of aliphatic hydroxyl groups excluding tert-OH is 1. The van der Waals surface area contributed by atoms with Crippen LogP contribution >= 0.6 is 23.5 Å². The molecular weight excluding hydrogens is 304 g/mol. The SMILES string of the molecule is N=NC(=NN)SCCC(=O)C(O)CCSC(N=N)=NN. The lowest BCUT2D eigenvalue weighted by atomic mass is 10.1. The molecule has 0 rings (SSSR count). The highest BCUT2D eigenvalue weighted by molar-refractivity contribution is 8.14. The van der Waals surface area contributed by atoms with Crippen LogP contribution in [0.4, 0.5) is 0 Å². The molecule has 0 heterocycles. The van der Waals surface area contributed by atoms with E-state index in [4.69, 9.17) is 22.7 Å². The number of thioether (sulfide) groups is 2. The van der Waals surface area contributed by atoms with E-state index in [1.807, 2.05) is 0 Å². The summed E-state index contributed by atoms with van der Waals surface area (Å²) in [4.78, 5) is 11.6. The summed E-state index contributed by atoms with van der Waals surface area (Å²) >= 11 is 2.14. The Morgan fingerprint density at radius 2 is 1.60 bits per heavy atom. The fraction of sp³-hybridized carbons (Fsp3) is 0.625. The normalized spacial score (nSPS) is 13.8. The Kier molecular flexibility index (Phi) is 10.4. The molecule has 12 heteroatoms. The molecule has 0 saturated carbocycles. The molecule has 0 saturated heterocycles. The third-order valence-electron chi connectivity index (χ3n) is 1.99. The van der Waals surface area contributed by atoms with Gasteiger partial charge in [-0.05, 0) is 6.42 Å². The van der Waals surface area contributed by atoms with Gasteiger partial charge in [0.2, 0.25) is 10.3 Å². The van der Waals surface area contributed by atoms with Gasteiger partial charge >= 0.3 is 0 Å². The molecule has 0 amide bonds. The number of hydrogen-bond donors (Lipinski definition) is 5. The second-order valence-electron chi connectivity index (χ2n) is 3.26. The van der Waals surface area contributed by atoms with Crippen LogP contribution in [-0.2, 0) is 4.79 Å². The van der Waals surface area contributed by atoms with Crippen LogP contribution in [0.3, 0.4) is 0 Å². The first-order chi connectivity index (χ1) is 9.58. The van der Waals surface area contributed by atoms with Gasteiger partial charge in [-0.1, -0.05) is 23.5 Å². The second-order valence-corrected chi connectivity index (χ2v) is 5.39. The van der Waals surface area contributed by atoms with E-state index in [-0.39, 0.29) is 29.0 Å². The first kappa shape index (κ1) is 18.5. The Hall–Kier alpha value is -1.53. The summed E-state index contributed by atoms with van der Waals surface area (Å²) < 4.78 is 0. The molecule has 0 aliphatic heterocycles. The number of nitrogens with two attached hydrogens (primary N) is 2. The first-order valence-electron chi connectivity index (χ1n) is 5.36. The van der Waals surface area contributed by atoms with Crippen LogP contribution in [0.1, 0.15) is 12.8 Å². The summed E-state index contributed by atoms with van der Waals surface area (Å²) in [5.74, 6) is 10.3. The first-order valence-corrected chi connectivity index (χ1v) is 7.33. The number of amidine groups is 2. The van der Waals surface area contributed by atoms with E-state index >= 15 is 0 Å². The van der Waals surface area contributed by atoms with Crippen molar-refractivity contribution in [3.63, 3.8) is 0 Å². The number of carbonyl (C=O) groups excluding carboxylic acids is 1. The lowest BCUT2D eigenvalue weighted by molar-refractivity contribution is -0.126. The Morgan fingerprint density at radius 1 is 1.10 bits per heavy atom. The van der Waals surface area contributed by atoms with E-state index in [0.717, 1.165) is 23.5 Å².